The monoisotopic (exact) mass is 262 g/mol. The van der Waals surface area contributed by atoms with Crippen molar-refractivity contribution in [2.45, 2.75) is 45.1 Å². The number of aromatic nitrogens is 3. The lowest BCUT2D eigenvalue weighted by Gasteiger charge is -2.09. The summed E-state index contributed by atoms with van der Waals surface area (Å²) in [5.41, 5.74) is 7.43. The van der Waals surface area contributed by atoms with Crippen LogP contribution in [0.2, 0.25) is 0 Å². The Labute approximate surface area is 113 Å². The first-order valence-corrected chi connectivity index (χ1v) is 6.76. The molecule has 2 aromatic heterocycles. The number of rotatable bonds is 6. The van der Waals surface area contributed by atoms with Gasteiger partial charge in [0, 0.05) is 18.0 Å². The van der Waals surface area contributed by atoms with E-state index in [4.69, 9.17) is 10.5 Å². The van der Waals surface area contributed by atoms with Gasteiger partial charge in [0.2, 0.25) is 5.88 Å². The van der Waals surface area contributed by atoms with Crippen LogP contribution in [0.25, 0.3) is 11.2 Å². The maximum absolute atomic E-state index is 5.76. The Morgan fingerprint density at radius 2 is 2.05 bits per heavy atom. The van der Waals surface area contributed by atoms with E-state index in [2.05, 4.69) is 21.9 Å². The van der Waals surface area contributed by atoms with Crippen molar-refractivity contribution in [3.8, 4) is 5.88 Å². The number of nitrogens with one attached hydrogen (secondary N) is 1. The molecule has 0 amide bonds. The van der Waals surface area contributed by atoms with E-state index in [0.29, 0.717) is 17.4 Å². The summed E-state index contributed by atoms with van der Waals surface area (Å²) in [4.78, 5) is 12.2. The number of hydrogen-bond donors (Lipinski definition) is 2. The molecule has 0 saturated carbocycles. The minimum atomic E-state index is 0.272. The predicted octanol–water partition coefficient (Wildman–Crippen LogP) is 2.59. The molecule has 0 bridgehead atoms. The molecule has 0 saturated heterocycles. The standard InChI is InChI=1S/C14H22N4O/c1-9(5-4-6-10(2)15)13-16-11-7-8-12(19-3)17-14(11)18-13/h7-10H,4-6,15H2,1-3H3,(H,16,17,18). The topological polar surface area (TPSA) is 76.8 Å². The van der Waals surface area contributed by atoms with E-state index in [1.54, 1.807) is 7.11 Å². The Morgan fingerprint density at radius 3 is 2.74 bits per heavy atom. The van der Waals surface area contributed by atoms with E-state index in [9.17, 15) is 0 Å². The van der Waals surface area contributed by atoms with Crippen LogP contribution in [0.15, 0.2) is 12.1 Å². The lowest BCUT2D eigenvalue weighted by molar-refractivity contribution is 0.399. The molecule has 2 heterocycles. The summed E-state index contributed by atoms with van der Waals surface area (Å²) < 4.78 is 5.10. The average Bonchev–Trinajstić information content (AvgIpc) is 2.80. The highest BCUT2D eigenvalue weighted by molar-refractivity contribution is 5.71. The van der Waals surface area contributed by atoms with Gasteiger partial charge in [-0.3, -0.25) is 0 Å². The molecule has 0 aliphatic carbocycles. The Hall–Kier alpha value is -1.62. The summed E-state index contributed by atoms with van der Waals surface area (Å²) in [7, 11) is 1.61. The molecule has 2 unspecified atom stereocenters. The van der Waals surface area contributed by atoms with Crippen LogP contribution in [0.1, 0.15) is 44.9 Å². The van der Waals surface area contributed by atoms with Crippen molar-refractivity contribution in [3.05, 3.63) is 18.0 Å². The van der Waals surface area contributed by atoms with Crippen molar-refractivity contribution in [1.82, 2.24) is 15.0 Å². The molecule has 0 spiro atoms. The maximum atomic E-state index is 5.76. The number of H-pyrrole nitrogens is 1. The Kier molecular flexibility index (Phi) is 4.37. The van der Waals surface area contributed by atoms with Crippen molar-refractivity contribution in [2.24, 2.45) is 5.73 Å². The second-order valence-corrected chi connectivity index (χ2v) is 5.16. The van der Waals surface area contributed by atoms with E-state index < -0.39 is 0 Å². The lowest BCUT2D eigenvalue weighted by Crippen LogP contribution is -2.14. The van der Waals surface area contributed by atoms with Crippen LogP contribution >= 0.6 is 0 Å². The first-order chi connectivity index (χ1) is 9.10. The molecule has 3 N–H and O–H groups in total. The molecule has 0 fully saturated rings. The Morgan fingerprint density at radius 1 is 1.26 bits per heavy atom. The Bertz CT molecular complexity index is 535. The van der Waals surface area contributed by atoms with Gasteiger partial charge in [0.05, 0.1) is 12.6 Å². The van der Waals surface area contributed by atoms with Crippen LogP contribution in [0, 0.1) is 0 Å². The molecule has 0 radical (unpaired) electrons. The van der Waals surface area contributed by atoms with Crippen LogP contribution in [0.5, 0.6) is 5.88 Å². The summed E-state index contributed by atoms with van der Waals surface area (Å²) in [5.74, 6) is 1.97. The van der Waals surface area contributed by atoms with E-state index in [1.807, 2.05) is 19.1 Å². The zero-order chi connectivity index (χ0) is 13.8. The lowest BCUT2D eigenvalue weighted by atomic mass is 10.0. The highest BCUT2D eigenvalue weighted by Crippen LogP contribution is 2.22. The van der Waals surface area contributed by atoms with Gasteiger partial charge in [-0.25, -0.2) is 4.98 Å². The fourth-order valence-corrected chi connectivity index (χ4v) is 2.12. The first kappa shape index (κ1) is 13.8. The molecule has 2 atom stereocenters. The zero-order valence-corrected chi connectivity index (χ0v) is 11.8. The highest BCUT2D eigenvalue weighted by Gasteiger charge is 2.12. The summed E-state index contributed by atoms with van der Waals surface area (Å²) in [5, 5.41) is 0. The number of ether oxygens (including phenoxy) is 1. The molecule has 2 rings (SSSR count). The summed E-state index contributed by atoms with van der Waals surface area (Å²) in [6, 6.07) is 4.06. The number of aromatic amines is 1. The summed E-state index contributed by atoms with van der Waals surface area (Å²) >= 11 is 0. The zero-order valence-electron chi connectivity index (χ0n) is 11.8. The van der Waals surface area contributed by atoms with E-state index in [1.165, 1.54) is 0 Å². The van der Waals surface area contributed by atoms with E-state index in [0.717, 1.165) is 30.6 Å². The van der Waals surface area contributed by atoms with Crippen molar-refractivity contribution < 1.29 is 4.74 Å². The first-order valence-electron chi connectivity index (χ1n) is 6.76. The maximum Gasteiger partial charge on any atom is 0.215 e. The smallest absolute Gasteiger partial charge is 0.215 e. The molecule has 5 nitrogen and oxygen atoms in total. The Balaban J connectivity index is 2.07. The quantitative estimate of drug-likeness (QED) is 0.839. The summed E-state index contributed by atoms with van der Waals surface area (Å²) in [6.07, 6.45) is 3.25. The van der Waals surface area contributed by atoms with E-state index in [-0.39, 0.29) is 6.04 Å². The molecular weight excluding hydrogens is 240 g/mol. The molecule has 0 aliphatic heterocycles. The normalized spacial score (nSPS) is 14.5. The van der Waals surface area contributed by atoms with E-state index >= 15 is 0 Å². The van der Waals surface area contributed by atoms with Crippen molar-refractivity contribution in [3.63, 3.8) is 0 Å². The number of methoxy groups -OCH3 is 1. The number of imidazole rings is 1. The van der Waals surface area contributed by atoms with Crippen LogP contribution in [-0.2, 0) is 0 Å². The number of nitrogens with two attached hydrogens (primary N) is 1. The van der Waals surface area contributed by atoms with Crippen LogP contribution in [-0.4, -0.2) is 28.1 Å². The SMILES string of the molecule is COc1ccc2[nH]c(C(C)CCCC(C)N)nc2n1. The third-order valence-corrected chi connectivity index (χ3v) is 3.31. The van der Waals surface area contributed by atoms with Crippen molar-refractivity contribution >= 4 is 11.2 Å². The number of fused-ring (bicyclic) bond motifs is 1. The molecule has 2 aromatic rings. The second-order valence-electron chi connectivity index (χ2n) is 5.16. The molecule has 0 aliphatic rings. The van der Waals surface area contributed by atoms with Gasteiger partial charge in [0.15, 0.2) is 5.65 Å². The van der Waals surface area contributed by atoms with Gasteiger partial charge in [-0.05, 0) is 25.8 Å². The van der Waals surface area contributed by atoms with Crippen molar-refractivity contribution in [2.75, 3.05) is 7.11 Å². The van der Waals surface area contributed by atoms with Gasteiger partial charge < -0.3 is 15.5 Å². The van der Waals surface area contributed by atoms with Crippen LogP contribution < -0.4 is 10.5 Å². The summed E-state index contributed by atoms with van der Waals surface area (Å²) in [6.45, 7) is 4.22. The molecular formula is C14H22N4O. The molecule has 104 valence electrons. The highest BCUT2D eigenvalue weighted by atomic mass is 16.5. The largest absolute Gasteiger partial charge is 0.481 e. The molecule has 0 aromatic carbocycles. The predicted molar refractivity (Wildman–Crippen MR) is 76.4 cm³/mol. The third-order valence-electron chi connectivity index (χ3n) is 3.31. The van der Waals surface area contributed by atoms with Gasteiger partial charge in [0.25, 0.3) is 0 Å². The number of hydrogen-bond acceptors (Lipinski definition) is 4. The fraction of sp³-hybridized carbons (Fsp3) is 0.571. The number of pyridine rings is 1. The van der Waals surface area contributed by atoms with Gasteiger partial charge >= 0.3 is 0 Å². The van der Waals surface area contributed by atoms with Crippen LogP contribution in [0.4, 0.5) is 0 Å². The average molecular weight is 262 g/mol. The van der Waals surface area contributed by atoms with Gasteiger partial charge in [0.1, 0.15) is 5.82 Å². The number of nitrogens with zero attached hydrogens (tertiary/aromatic N) is 2. The molecule has 19 heavy (non-hydrogen) atoms. The van der Waals surface area contributed by atoms with Gasteiger partial charge in [-0.15, -0.1) is 0 Å². The molecule has 5 heteroatoms. The minimum Gasteiger partial charge on any atom is -0.481 e. The van der Waals surface area contributed by atoms with Gasteiger partial charge in [-0.1, -0.05) is 13.3 Å². The van der Waals surface area contributed by atoms with Gasteiger partial charge in [-0.2, -0.15) is 4.98 Å². The van der Waals surface area contributed by atoms with Crippen LogP contribution in [0.3, 0.4) is 0 Å². The third kappa shape index (κ3) is 3.44. The van der Waals surface area contributed by atoms with Crippen molar-refractivity contribution in [1.29, 1.82) is 0 Å². The fourth-order valence-electron chi connectivity index (χ4n) is 2.12. The second kappa shape index (κ2) is 6.02. The minimum absolute atomic E-state index is 0.272.